The molecule has 0 saturated heterocycles. The van der Waals surface area contributed by atoms with E-state index in [0.717, 1.165) is 10.6 Å². The van der Waals surface area contributed by atoms with Crippen molar-refractivity contribution in [1.82, 2.24) is 9.29 Å². The molecule has 11 heteroatoms. The first-order valence-corrected chi connectivity index (χ1v) is 11.0. The standard InChI is InChI=1S/C15H15Cl2N3O4S2/c1-26(22,23)20-5-4-11-13(7-20)25-15(18-11)19-14(21)8-24-12-3-2-9(16)6-10(12)17/h2-3,6H,4-5,7-8H2,1H3,(H,18,19,21). The van der Waals surface area contributed by atoms with Crippen molar-refractivity contribution in [2.45, 2.75) is 13.0 Å². The molecule has 2 heterocycles. The molecule has 26 heavy (non-hydrogen) atoms. The predicted molar refractivity (Wildman–Crippen MR) is 102 cm³/mol. The molecule has 0 radical (unpaired) electrons. The molecule has 0 aliphatic carbocycles. The zero-order valence-corrected chi connectivity index (χ0v) is 16.8. The molecule has 0 bridgehead atoms. The van der Waals surface area contributed by atoms with Crippen molar-refractivity contribution in [2.75, 3.05) is 24.7 Å². The van der Waals surface area contributed by atoms with E-state index in [1.54, 1.807) is 12.1 Å². The quantitative estimate of drug-likeness (QED) is 0.779. The Morgan fingerprint density at radius 3 is 2.88 bits per heavy atom. The number of hydrogen-bond donors (Lipinski definition) is 1. The second-order valence-corrected chi connectivity index (χ2v) is 9.56. The number of nitrogens with zero attached hydrogens (tertiary/aromatic N) is 2. The molecule has 0 atom stereocenters. The van der Waals surface area contributed by atoms with Crippen LogP contribution in [0.15, 0.2) is 18.2 Å². The number of benzene rings is 1. The van der Waals surface area contributed by atoms with E-state index in [4.69, 9.17) is 27.9 Å². The average molecular weight is 436 g/mol. The Morgan fingerprint density at radius 1 is 1.42 bits per heavy atom. The fourth-order valence-corrected chi connectivity index (χ4v) is 4.77. The number of thiazole rings is 1. The molecule has 1 aliphatic heterocycles. The predicted octanol–water partition coefficient (Wildman–Crippen LogP) is 2.79. The first-order valence-electron chi connectivity index (χ1n) is 7.54. The Morgan fingerprint density at radius 2 is 2.19 bits per heavy atom. The van der Waals surface area contributed by atoms with E-state index < -0.39 is 10.0 Å². The van der Waals surface area contributed by atoms with Gasteiger partial charge < -0.3 is 4.74 Å². The monoisotopic (exact) mass is 435 g/mol. The zero-order valence-electron chi connectivity index (χ0n) is 13.7. The van der Waals surface area contributed by atoms with Gasteiger partial charge in [0.15, 0.2) is 11.7 Å². The first kappa shape index (κ1) is 19.4. The minimum absolute atomic E-state index is 0.235. The van der Waals surface area contributed by atoms with E-state index in [1.807, 2.05) is 0 Å². The Labute approximate surface area is 164 Å². The number of halogens is 2. The van der Waals surface area contributed by atoms with Gasteiger partial charge in [0.05, 0.1) is 17.0 Å². The number of nitrogens with one attached hydrogen (secondary N) is 1. The van der Waals surface area contributed by atoms with E-state index in [0.29, 0.717) is 33.9 Å². The summed E-state index contributed by atoms with van der Waals surface area (Å²) < 4.78 is 30.1. The van der Waals surface area contributed by atoms with Gasteiger partial charge in [-0.2, -0.15) is 4.31 Å². The molecule has 0 spiro atoms. The van der Waals surface area contributed by atoms with Crippen LogP contribution in [0, 0.1) is 0 Å². The van der Waals surface area contributed by atoms with Crippen molar-refractivity contribution in [3.05, 3.63) is 38.8 Å². The lowest BCUT2D eigenvalue weighted by molar-refractivity contribution is -0.118. The van der Waals surface area contributed by atoms with Gasteiger partial charge in [-0.15, -0.1) is 11.3 Å². The van der Waals surface area contributed by atoms with Gasteiger partial charge in [0, 0.05) is 29.4 Å². The molecule has 140 valence electrons. The summed E-state index contributed by atoms with van der Waals surface area (Å²) >= 11 is 13.1. The van der Waals surface area contributed by atoms with Crippen molar-refractivity contribution in [3.63, 3.8) is 0 Å². The summed E-state index contributed by atoms with van der Waals surface area (Å²) in [5.74, 6) is -0.0319. The van der Waals surface area contributed by atoms with Crippen molar-refractivity contribution in [1.29, 1.82) is 0 Å². The van der Waals surface area contributed by atoms with Crippen molar-refractivity contribution in [3.8, 4) is 5.75 Å². The van der Waals surface area contributed by atoms with Crippen LogP contribution in [0.5, 0.6) is 5.75 Å². The lowest BCUT2D eigenvalue weighted by Gasteiger charge is -2.23. The summed E-state index contributed by atoms with van der Waals surface area (Å²) in [6.45, 7) is 0.431. The van der Waals surface area contributed by atoms with Gasteiger partial charge in [-0.3, -0.25) is 10.1 Å². The second kappa shape index (κ2) is 7.69. The molecule has 0 saturated carbocycles. The van der Waals surface area contributed by atoms with Crippen LogP contribution in [0.2, 0.25) is 10.0 Å². The van der Waals surface area contributed by atoms with Crippen LogP contribution in [-0.2, 0) is 27.8 Å². The third-order valence-corrected chi connectivity index (χ3v) is 6.44. The summed E-state index contributed by atoms with van der Waals surface area (Å²) in [5.41, 5.74) is 0.812. The molecule has 1 N–H and O–H groups in total. The molecule has 2 aromatic rings. The number of carbonyl (C=O) groups is 1. The van der Waals surface area contributed by atoms with Gasteiger partial charge >= 0.3 is 0 Å². The number of aromatic nitrogens is 1. The van der Waals surface area contributed by atoms with Crippen LogP contribution in [0.3, 0.4) is 0 Å². The van der Waals surface area contributed by atoms with Crippen LogP contribution in [-0.4, -0.2) is 43.0 Å². The maximum absolute atomic E-state index is 12.1. The summed E-state index contributed by atoms with van der Waals surface area (Å²) in [4.78, 5) is 17.2. The van der Waals surface area contributed by atoms with E-state index >= 15 is 0 Å². The minimum atomic E-state index is -3.25. The second-order valence-electron chi connectivity index (χ2n) is 5.65. The average Bonchev–Trinajstić information content (AvgIpc) is 2.94. The first-order chi connectivity index (χ1) is 12.2. The number of sulfonamides is 1. The highest BCUT2D eigenvalue weighted by Crippen LogP contribution is 2.30. The molecule has 1 aromatic heterocycles. The number of amides is 1. The van der Waals surface area contributed by atoms with Crippen molar-refractivity contribution in [2.24, 2.45) is 0 Å². The number of rotatable bonds is 5. The Kier molecular flexibility index (Phi) is 5.73. The topological polar surface area (TPSA) is 88.6 Å². The lowest BCUT2D eigenvalue weighted by Crippen LogP contribution is -2.34. The number of carbonyl (C=O) groups excluding carboxylic acids is 1. The Balaban J connectivity index is 1.60. The molecular formula is C15H15Cl2N3O4S2. The van der Waals surface area contributed by atoms with Crippen LogP contribution < -0.4 is 10.1 Å². The van der Waals surface area contributed by atoms with Gasteiger partial charge in [-0.1, -0.05) is 23.2 Å². The molecule has 1 amide bonds. The molecule has 7 nitrogen and oxygen atoms in total. The third-order valence-electron chi connectivity index (χ3n) is 3.66. The molecule has 3 rings (SSSR count). The van der Waals surface area contributed by atoms with Crippen molar-refractivity contribution >= 4 is 55.6 Å². The van der Waals surface area contributed by atoms with Crippen LogP contribution in [0.25, 0.3) is 0 Å². The molecule has 0 unspecified atom stereocenters. The summed E-state index contributed by atoms with van der Waals surface area (Å²) in [5, 5.41) is 3.87. The van der Waals surface area contributed by atoms with Crippen LogP contribution in [0.1, 0.15) is 10.6 Å². The maximum atomic E-state index is 12.1. The lowest BCUT2D eigenvalue weighted by atomic mass is 10.2. The fourth-order valence-electron chi connectivity index (χ4n) is 2.40. The van der Waals surface area contributed by atoms with Gasteiger partial charge in [0.1, 0.15) is 5.75 Å². The van der Waals surface area contributed by atoms with Gasteiger partial charge in [-0.25, -0.2) is 13.4 Å². The highest BCUT2D eigenvalue weighted by molar-refractivity contribution is 7.88. The zero-order chi connectivity index (χ0) is 18.9. The number of fused-ring (bicyclic) bond motifs is 1. The molecule has 0 fully saturated rings. The Hall–Kier alpha value is -1.39. The summed E-state index contributed by atoms with van der Waals surface area (Å²) in [6, 6.07) is 4.72. The van der Waals surface area contributed by atoms with Gasteiger partial charge in [0.2, 0.25) is 10.0 Å². The highest BCUT2D eigenvalue weighted by Gasteiger charge is 2.26. The largest absolute Gasteiger partial charge is 0.482 e. The highest BCUT2D eigenvalue weighted by atomic mass is 35.5. The van der Waals surface area contributed by atoms with E-state index in [9.17, 15) is 13.2 Å². The van der Waals surface area contributed by atoms with E-state index in [2.05, 4.69) is 10.3 Å². The summed E-state index contributed by atoms with van der Waals surface area (Å²) in [7, 11) is -3.25. The fraction of sp³-hybridized carbons (Fsp3) is 0.333. The van der Waals surface area contributed by atoms with E-state index in [1.165, 1.54) is 28.0 Å². The van der Waals surface area contributed by atoms with Crippen LogP contribution >= 0.6 is 34.5 Å². The third kappa shape index (κ3) is 4.66. The molecule has 1 aliphatic rings. The smallest absolute Gasteiger partial charge is 0.264 e. The number of anilines is 1. The normalized spacial score (nSPS) is 14.7. The minimum Gasteiger partial charge on any atom is -0.482 e. The van der Waals surface area contributed by atoms with E-state index in [-0.39, 0.29) is 19.1 Å². The molecular weight excluding hydrogens is 421 g/mol. The van der Waals surface area contributed by atoms with Gasteiger partial charge in [0.25, 0.3) is 5.91 Å². The SMILES string of the molecule is CS(=O)(=O)N1CCc2nc(NC(=O)COc3ccc(Cl)cc3Cl)sc2C1. The molecule has 1 aromatic carbocycles. The Bertz CT molecular complexity index is 946. The summed E-state index contributed by atoms with van der Waals surface area (Å²) in [6.07, 6.45) is 1.70. The van der Waals surface area contributed by atoms with Crippen LogP contribution in [0.4, 0.5) is 5.13 Å². The van der Waals surface area contributed by atoms with Crippen molar-refractivity contribution < 1.29 is 17.9 Å². The number of ether oxygens (including phenoxy) is 1. The maximum Gasteiger partial charge on any atom is 0.264 e. The van der Waals surface area contributed by atoms with Gasteiger partial charge in [-0.05, 0) is 18.2 Å². The number of hydrogen-bond acceptors (Lipinski definition) is 6.